The summed E-state index contributed by atoms with van der Waals surface area (Å²) in [5.41, 5.74) is 2.89. The molecule has 0 fully saturated rings. The lowest BCUT2D eigenvalue weighted by atomic mass is 10.2. The monoisotopic (exact) mass is 358 g/mol. The number of carbonyl (C=O) groups is 2. The summed E-state index contributed by atoms with van der Waals surface area (Å²) in [7, 11) is 0. The molecule has 0 atom stereocenters. The number of phenols is 1. The number of aromatic hydroxyl groups is 1. The zero-order chi connectivity index (χ0) is 18.1. The van der Waals surface area contributed by atoms with E-state index in [1.807, 2.05) is 6.92 Å². The Kier molecular flexibility index (Phi) is 7.35. The molecule has 2 rings (SSSR count). The topological polar surface area (TPSA) is 78.4 Å². The number of phenolic OH excluding ortho intramolecular Hbond substituents is 1. The second-order valence-electron chi connectivity index (χ2n) is 5.63. The van der Waals surface area contributed by atoms with E-state index in [1.54, 1.807) is 23.9 Å². The zero-order valence-electron chi connectivity index (χ0n) is 14.1. The molecule has 0 saturated heterocycles. The number of hydrogen-bond donors (Lipinski definition) is 3. The Hall–Kier alpha value is -2.47. The van der Waals surface area contributed by atoms with Crippen molar-refractivity contribution in [1.82, 2.24) is 10.6 Å². The van der Waals surface area contributed by atoms with E-state index in [4.69, 9.17) is 0 Å². The van der Waals surface area contributed by atoms with Crippen molar-refractivity contribution in [3.8, 4) is 5.75 Å². The normalized spacial score (nSPS) is 10.3. The van der Waals surface area contributed by atoms with Gasteiger partial charge in [-0.25, -0.2) is 0 Å². The molecule has 0 aliphatic heterocycles. The summed E-state index contributed by atoms with van der Waals surface area (Å²) >= 11 is 1.56. The molecule has 0 bridgehead atoms. The number of thioether (sulfide) groups is 1. The van der Waals surface area contributed by atoms with Crippen LogP contribution in [0.5, 0.6) is 5.75 Å². The van der Waals surface area contributed by atoms with Crippen LogP contribution in [0.25, 0.3) is 0 Å². The third-order valence-corrected chi connectivity index (χ3v) is 4.49. The van der Waals surface area contributed by atoms with Crippen LogP contribution in [-0.2, 0) is 10.5 Å². The first kappa shape index (κ1) is 18.9. The molecule has 5 nitrogen and oxygen atoms in total. The van der Waals surface area contributed by atoms with Crippen LogP contribution in [-0.4, -0.2) is 35.8 Å². The van der Waals surface area contributed by atoms with Gasteiger partial charge in [0, 0.05) is 24.4 Å². The standard InChI is InChI=1S/C19H22N2O3S/c1-14-2-4-15(5-3-14)12-25-13-18(23)20-10-11-21-19(24)16-6-8-17(22)9-7-16/h2-9,22H,10-13H2,1H3,(H,20,23)(H,21,24). The molecule has 0 heterocycles. The van der Waals surface area contributed by atoms with Crippen LogP contribution in [0.1, 0.15) is 21.5 Å². The maximum atomic E-state index is 11.8. The molecule has 132 valence electrons. The van der Waals surface area contributed by atoms with Gasteiger partial charge in [-0.05, 0) is 36.8 Å². The Bertz CT molecular complexity index is 700. The molecule has 0 aliphatic carbocycles. The third-order valence-electron chi connectivity index (χ3n) is 3.48. The highest BCUT2D eigenvalue weighted by molar-refractivity contribution is 7.99. The maximum absolute atomic E-state index is 11.8. The number of nitrogens with one attached hydrogen (secondary N) is 2. The Morgan fingerprint density at radius 1 is 0.960 bits per heavy atom. The highest BCUT2D eigenvalue weighted by atomic mass is 32.2. The summed E-state index contributed by atoms with van der Waals surface area (Å²) in [5.74, 6) is 1.02. The van der Waals surface area contributed by atoms with Crippen LogP contribution in [0.2, 0.25) is 0 Å². The van der Waals surface area contributed by atoms with Crippen LogP contribution in [0.15, 0.2) is 48.5 Å². The molecule has 2 aromatic carbocycles. The number of hydrogen-bond acceptors (Lipinski definition) is 4. The summed E-state index contributed by atoms with van der Waals surface area (Å²) in [6.45, 7) is 2.78. The first-order chi connectivity index (χ1) is 12.0. The summed E-state index contributed by atoms with van der Waals surface area (Å²) in [4.78, 5) is 23.6. The van der Waals surface area contributed by atoms with Crippen molar-refractivity contribution in [3.63, 3.8) is 0 Å². The van der Waals surface area contributed by atoms with Crippen molar-refractivity contribution in [3.05, 3.63) is 65.2 Å². The first-order valence-corrected chi connectivity index (χ1v) is 9.17. The number of aryl methyl sites for hydroxylation is 1. The molecular formula is C19H22N2O3S. The average molecular weight is 358 g/mol. The van der Waals surface area contributed by atoms with E-state index < -0.39 is 0 Å². The molecule has 3 N–H and O–H groups in total. The minimum absolute atomic E-state index is 0.0454. The van der Waals surface area contributed by atoms with Crippen LogP contribution in [0.3, 0.4) is 0 Å². The predicted octanol–water partition coefficient (Wildman–Crippen LogP) is 2.48. The van der Waals surface area contributed by atoms with Crippen molar-refractivity contribution in [1.29, 1.82) is 0 Å². The average Bonchev–Trinajstić information content (AvgIpc) is 2.61. The molecule has 0 radical (unpaired) electrons. The Balaban J connectivity index is 1.58. The smallest absolute Gasteiger partial charge is 0.251 e. The first-order valence-electron chi connectivity index (χ1n) is 8.02. The molecule has 0 unspecified atom stereocenters. The van der Waals surface area contributed by atoms with Crippen LogP contribution in [0, 0.1) is 6.92 Å². The van der Waals surface area contributed by atoms with E-state index in [2.05, 4.69) is 34.9 Å². The summed E-state index contributed by atoms with van der Waals surface area (Å²) in [6, 6.07) is 14.3. The molecule has 2 aromatic rings. The van der Waals surface area contributed by atoms with Crippen LogP contribution in [0.4, 0.5) is 0 Å². The van der Waals surface area contributed by atoms with Gasteiger partial charge in [-0.2, -0.15) is 0 Å². The van der Waals surface area contributed by atoms with Gasteiger partial charge in [-0.3, -0.25) is 9.59 Å². The lowest BCUT2D eigenvalue weighted by molar-refractivity contribution is -0.118. The maximum Gasteiger partial charge on any atom is 0.251 e. The fourth-order valence-corrected chi connectivity index (χ4v) is 2.91. The highest BCUT2D eigenvalue weighted by Crippen LogP contribution is 2.12. The van der Waals surface area contributed by atoms with Gasteiger partial charge in [0.1, 0.15) is 5.75 Å². The van der Waals surface area contributed by atoms with Crippen molar-refractivity contribution in [2.75, 3.05) is 18.8 Å². The number of rotatable bonds is 8. The van der Waals surface area contributed by atoms with Crippen molar-refractivity contribution in [2.24, 2.45) is 0 Å². The molecular weight excluding hydrogens is 336 g/mol. The van der Waals surface area contributed by atoms with E-state index in [-0.39, 0.29) is 17.6 Å². The van der Waals surface area contributed by atoms with Gasteiger partial charge in [0.2, 0.25) is 5.91 Å². The van der Waals surface area contributed by atoms with Crippen LogP contribution < -0.4 is 10.6 Å². The van der Waals surface area contributed by atoms with Gasteiger partial charge in [-0.15, -0.1) is 11.8 Å². The van der Waals surface area contributed by atoms with Gasteiger partial charge in [0.15, 0.2) is 0 Å². The van der Waals surface area contributed by atoms with E-state index >= 15 is 0 Å². The predicted molar refractivity (Wildman–Crippen MR) is 101 cm³/mol. The van der Waals surface area contributed by atoms with E-state index in [9.17, 15) is 14.7 Å². The lowest BCUT2D eigenvalue weighted by Gasteiger charge is -2.07. The van der Waals surface area contributed by atoms with E-state index in [0.717, 1.165) is 5.75 Å². The number of benzene rings is 2. The van der Waals surface area contributed by atoms with Gasteiger partial charge in [-0.1, -0.05) is 29.8 Å². The molecule has 0 aromatic heterocycles. The zero-order valence-corrected chi connectivity index (χ0v) is 14.9. The molecule has 6 heteroatoms. The van der Waals surface area contributed by atoms with Gasteiger partial charge in [0.25, 0.3) is 5.91 Å². The molecule has 0 aliphatic rings. The molecule has 25 heavy (non-hydrogen) atoms. The van der Waals surface area contributed by atoms with E-state index in [0.29, 0.717) is 24.4 Å². The fraction of sp³-hybridized carbons (Fsp3) is 0.263. The lowest BCUT2D eigenvalue weighted by Crippen LogP contribution is -2.35. The number of carbonyl (C=O) groups excluding carboxylic acids is 2. The fourth-order valence-electron chi connectivity index (χ4n) is 2.09. The van der Waals surface area contributed by atoms with Crippen LogP contribution >= 0.6 is 11.8 Å². The summed E-state index contributed by atoms with van der Waals surface area (Å²) in [6.07, 6.45) is 0. The quantitative estimate of drug-likeness (QED) is 0.634. The molecule has 0 spiro atoms. The SMILES string of the molecule is Cc1ccc(CSCC(=O)NCCNC(=O)c2ccc(O)cc2)cc1. The molecule has 0 saturated carbocycles. The van der Waals surface area contributed by atoms with Gasteiger partial charge in [0.05, 0.1) is 5.75 Å². The minimum Gasteiger partial charge on any atom is -0.508 e. The Labute approximate surface area is 151 Å². The third kappa shape index (κ3) is 6.89. The highest BCUT2D eigenvalue weighted by Gasteiger charge is 2.05. The van der Waals surface area contributed by atoms with Crippen molar-refractivity contribution in [2.45, 2.75) is 12.7 Å². The largest absolute Gasteiger partial charge is 0.508 e. The number of amides is 2. The van der Waals surface area contributed by atoms with Gasteiger partial charge < -0.3 is 15.7 Å². The Morgan fingerprint density at radius 2 is 1.60 bits per heavy atom. The second kappa shape index (κ2) is 9.74. The summed E-state index contributed by atoms with van der Waals surface area (Å²) in [5, 5.41) is 14.7. The summed E-state index contributed by atoms with van der Waals surface area (Å²) < 4.78 is 0. The van der Waals surface area contributed by atoms with Crippen molar-refractivity contribution >= 4 is 23.6 Å². The van der Waals surface area contributed by atoms with Gasteiger partial charge >= 0.3 is 0 Å². The second-order valence-corrected chi connectivity index (χ2v) is 6.62. The van der Waals surface area contributed by atoms with E-state index in [1.165, 1.54) is 23.3 Å². The van der Waals surface area contributed by atoms with Crippen molar-refractivity contribution < 1.29 is 14.7 Å². The molecule has 2 amide bonds. The Morgan fingerprint density at radius 3 is 2.28 bits per heavy atom. The minimum atomic E-state index is -0.233.